The van der Waals surface area contributed by atoms with Crippen LogP contribution in [0.3, 0.4) is 0 Å². The van der Waals surface area contributed by atoms with E-state index in [-0.39, 0.29) is 11.3 Å². The minimum atomic E-state index is -0.371. The number of hydrogen-bond acceptors (Lipinski definition) is 3. The molecule has 0 spiro atoms. The van der Waals surface area contributed by atoms with Crippen LogP contribution in [0.4, 0.5) is 0 Å². The fraction of sp³-hybridized carbons (Fsp3) is 0. The highest BCUT2D eigenvalue weighted by atomic mass is 16.3. The number of benzene rings is 4. The zero-order valence-electron chi connectivity index (χ0n) is 11.4. The number of phenols is 1. The fourth-order valence-corrected chi connectivity index (χ4v) is 3.47. The van der Waals surface area contributed by atoms with Gasteiger partial charge in [0.25, 0.3) is 5.56 Å². The van der Waals surface area contributed by atoms with E-state index in [4.69, 9.17) is 0 Å². The molecule has 1 heterocycles. The second-order valence-corrected chi connectivity index (χ2v) is 5.49. The van der Waals surface area contributed by atoms with Crippen molar-refractivity contribution in [3.8, 4) is 5.75 Å². The number of aromatic amines is 1. The molecule has 0 fully saturated rings. The molecule has 5 rings (SSSR count). The Balaban J connectivity index is 2.32. The summed E-state index contributed by atoms with van der Waals surface area (Å²) in [6.45, 7) is 0. The number of hydrogen-bond donors (Lipinski definition) is 2. The van der Waals surface area contributed by atoms with Crippen LogP contribution in [0.25, 0.3) is 43.2 Å². The van der Waals surface area contributed by atoms with E-state index in [0.717, 1.165) is 32.3 Å². The maximum Gasteiger partial charge on any atom is 0.275 e. The van der Waals surface area contributed by atoms with Crippen LogP contribution in [0.15, 0.2) is 53.3 Å². The smallest absolute Gasteiger partial charge is 0.275 e. The van der Waals surface area contributed by atoms with Gasteiger partial charge in [0.2, 0.25) is 0 Å². The van der Waals surface area contributed by atoms with Crippen molar-refractivity contribution in [2.24, 2.45) is 0 Å². The highest BCUT2D eigenvalue weighted by Gasteiger charge is 2.17. The third kappa shape index (κ3) is 1.22. The maximum absolute atomic E-state index is 12.1. The number of rotatable bonds is 0. The Morgan fingerprint density at radius 3 is 2.36 bits per heavy atom. The lowest BCUT2D eigenvalue weighted by atomic mass is 9.92. The van der Waals surface area contributed by atoms with Crippen molar-refractivity contribution in [3.05, 3.63) is 58.9 Å². The van der Waals surface area contributed by atoms with Crippen molar-refractivity contribution < 1.29 is 5.11 Å². The molecule has 0 unspecified atom stereocenters. The summed E-state index contributed by atoms with van der Waals surface area (Å²) in [6.07, 6.45) is 0. The van der Waals surface area contributed by atoms with Crippen molar-refractivity contribution in [1.82, 2.24) is 10.2 Å². The van der Waals surface area contributed by atoms with Gasteiger partial charge in [-0.2, -0.15) is 5.10 Å². The van der Waals surface area contributed by atoms with Crippen LogP contribution >= 0.6 is 0 Å². The van der Waals surface area contributed by atoms with E-state index in [0.29, 0.717) is 10.9 Å². The predicted molar refractivity (Wildman–Crippen MR) is 87.7 cm³/mol. The third-order valence-electron chi connectivity index (χ3n) is 4.37. The second kappa shape index (κ2) is 3.74. The molecular formula is C18H10N2O2. The summed E-state index contributed by atoms with van der Waals surface area (Å²) < 4.78 is 0. The Morgan fingerprint density at radius 2 is 1.55 bits per heavy atom. The van der Waals surface area contributed by atoms with Crippen molar-refractivity contribution in [2.75, 3.05) is 0 Å². The molecule has 4 heteroatoms. The second-order valence-electron chi connectivity index (χ2n) is 5.49. The van der Waals surface area contributed by atoms with Gasteiger partial charge in [-0.3, -0.25) is 4.79 Å². The molecule has 104 valence electrons. The molecule has 0 aliphatic heterocycles. The number of H-pyrrole nitrogens is 1. The van der Waals surface area contributed by atoms with E-state index in [1.165, 1.54) is 0 Å². The van der Waals surface area contributed by atoms with Gasteiger partial charge in [0.1, 0.15) is 11.3 Å². The molecule has 0 radical (unpaired) electrons. The van der Waals surface area contributed by atoms with Gasteiger partial charge in [0.15, 0.2) is 0 Å². The molecule has 0 saturated carbocycles. The summed E-state index contributed by atoms with van der Waals surface area (Å²) in [7, 11) is 0. The van der Waals surface area contributed by atoms with Gasteiger partial charge < -0.3 is 5.11 Å². The molecule has 0 aliphatic rings. The van der Waals surface area contributed by atoms with E-state index in [1.807, 2.05) is 30.3 Å². The molecule has 0 amide bonds. The largest absolute Gasteiger partial charge is 0.507 e. The van der Waals surface area contributed by atoms with Gasteiger partial charge in [-0.25, -0.2) is 5.10 Å². The Hall–Kier alpha value is -3.14. The molecule has 22 heavy (non-hydrogen) atoms. The molecule has 5 aromatic rings. The first-order valence-corrected chi connectivity index (χ1v) is 7.02. The van der Waals surface area contributed by atoms with Crippen LogP contribution in [0, 0.1) is 0 Å². The Labute approximate surface area is 124 Å². The Kier molecular flexibility index (Phi) is 1.96. The number of aromatic hydroxyl groups is 1. The summed E-state index contributed by atoms with van der Waals surface area (Å²) in [5.74, 6) is -0.0183. The summed E-state index contributed by atoms with van der Waals surface area (Å²) >= 11 is 0. The average Bonchev–Trinajstić information content (AvgIpc) is 2.54. The molecule has 2 N–H and O–H groups in total. The topological polar surface area (TPSA) is 66.0 Å². The third-order valence-corrected chi connectivity index (χ3v) is 4.37. The van der Waals surface area contributed by atoms with Crippen molar-refractivity contribution in [2.45, 2.75) is 0 Å². The molecule has 0 atom stereocenters. The highest BCUT2D eigenvalue weighted by molar-refractivity contribution is 6.32. The van der Waals surface area contributed by atoms with Gasteiger partial charge in [0.05, 0.1) is 5.39 Å². The zero-order valence-corrected chi connectivity index (χ0v) is 11.4. The Morgan fingerprint density at radius 1 is 0.818 bits per heavy atom. The van der Waals surface area contributed by atoms with E-state index in [2.05, 4.69) is 22.3 Å². The number of nitrogens with zero attached hydrogens (tertiary/aromatic N) is 1. The molecule has 4 aromatic carbocycles. The number of aromatic nitrogens is 2. The monoisotopic (exact) mass is 286 g/mol. The average molecular weight is 286 g/mol. The lowest BCUT2D eigenvalue weighted by molar-refractivity contribution is 0.481. The highest BCUT2D eigenvalue weighted by Crippen LogP contribution is 2.39. The van der Waals surface area contributed by atoms with E-state index in [9.17, 15) is 9.90 Å². The maximum atomic E-state index is 12.1. The standard InChI is InChI=1S/C18H10N2O2/c21-13-8-7-11-10-5-1-3-9-4-2-6-12(14(9)10)17-15(11)16(13)18(22)20-19-17/h1-8,21H,(H,20,22). The SMILES string of the molecule is O=c1[nH]nc2c3cccc4cccc(c5ccc(O)c1c52)c43. The quantitative estimate of drug-likeness (QED) is 0.338. The number of phenolic OH excluding ortho intramolecular Hbond substituents is 1. The summed E-state index contributed by atoms with van der Waals surface area (Å²) in [5, 5.41) is 23.1. The first-order chi connectivity index (χ1) is 10.8. The van der Waals surface area contributed by atoms with Crippen LogP contribution in [0.2, 0.25) is 0 Å². The summed E-state index contributed by atoms with van der Waals surface area (Å²) in [4.78, 5) is 12.1. The number of fused-ring (bicyclic) bond motifs is 2. The van der Waals surface area contributed by atoms with Crippen LogP contribution in [-0.4, -0.2) is 15.3 Å². The minimum absolute atomic E-state index is 0.0183. The predicted octanol–water partition coefficient (Wildman–Crippen LogP) is 3.53. The minimum Gasteiger partial charge on any atom is -0.507 e. The van der Waals surface area contributed by atoms with Gasteiger partial charge in [-0.05, 0) is 33.7 Å². The van der Waals surface area contributed by atoms with Crippen LogP contribution in [0.5, 0.6) is 5.75 Å². The van der Waals surface area contributed by atoms with Gasteiger partial charge in [-0.1, -0.05) is 36.4 Å². The molecule has 0 bridgehead atoms. The van der Waals surface area contributed by atoms with E-state index < -0.39 is 0 Å². The molecule has 4 nitrogen and oxygen atoms in total. The van der Waals surface area contributed by atoms with Gasteiger partial charge in [0, 0.05) is 10.8 Å². The van der Waals surface area contributed by atoms with Crippen LogP contribution in [-0.2, 0) is 0 Å². The van der Waals surface area contributed by atoms with Crippen LogP contribution in [0.1, 0.15) is 0 Å². The molecule has 0 saturated heterocycles. The van der Waals surface area contributed by atoms with E-state index in [1.54, 1.807) is 6.07 Å². The first kappa shape index (κ1) is 11.5. The number of nitrogens with one attached hydrogen (secondary N) is 1. The molecular weight excluding hydrogens is 276 g/mol. The van der Waals surface area contributed by atoms with Gasteiger partial charge in [-0.15, -0.1) is 0 Å². The molecule has 1 aromatic heterocycles. The van der Waals surface area contributed by atoms with Crippen molar-refractivity contribution in [1.29, 1.82) is 0 Å². The van der Waals surface area contributed by atoms with E-state index >= 15 is 0 Å². The summed E-state index contributed by atoms with van der Waals surface area (Å²) in [6, 6.07) is 15.6. The molecule has 0 aliphatic carbocycles. The van der Waals surface area contributed by atoms with Gasteiger partial charge >= 0.3 is 0 Å². The normalized spacial score (nSPS) is 12.0. The lowest BCUT2D eigenvalue weighted by Crippen LogP contribution is -2.09. The fourth-order valence-electron chi connectivity index (χ4n) is 3.47. The Bertz CT molecular complexity index is 1200. The lowest BCUT2D eigenvalue weighted by Gasteiger charge is -2.13. The first-order valence-electron chi connectivity index (χ1n) is 7.02. The van der Waals surface area contributed by atoms with Crippen molar-refractivity contribution in [3.63, 3.8) is 0 Å². The van der Waals surface area contributed by atoms with Crippen molar-refractivity contribution >= 4 is 43.2 Å². The van der Waals surface area contributed by atoms with Crippen LogP contribution < -0.4 is 5.56 Å². The summed E-state index contributed by atoms with van der Waals surface area (Å²) in [5.41, 5.74) is 0.342. The zero-order chi connectivity index (χ0) is 14.8.